The summed E-state index contributed by atoms with van der Waals surface area (Å²) in [7, 11) is 1.47. The predicted octanol–water partition coefficient (Wildman–Crippen LogP) is 2.62. The molecular formula is C15H11ClN6O6. The summed E-state index contributed by atoms with van der Waals surface area (Å²) in [6.07, 6.45) is 4.87. The number of hydrogen-bond donors (Lipinski definition) is 0. The quantitative estimate of drug-likeness (QED) is 0.251. The van der Waals surface area contributed by atoms with Crippen molar-refractivity contribution in [3.05, 3.63) is 73.1 Å². The molecule has 0 spiro atoms. The maximum atomic E-state index is 12.2. The molecule has 0 bridgehead atoms. The first kappa shape index (κ1) is 19.0. The van der Waals surface area contributed by atoms with Gasteiger partial charge in [0.1, 0.15) is 24.3 Å². The average molecular weight is 407 g/mol. The molecule has 0 saturated carbocycles. The molecule has 0 unspecified atom stereocenters. The van der Waals surface area contributed by atoms with E-state index in [0.29, 0.717) is 11.5 Å². The Hall–Kier alpha value is -3.80. The van der Waals surface area contributed by atoms with E-state index in [0.717, 1.165) is 12.3 Å². The Morgan fingerprint density at radius 3 is 2.64 bits per heavy atom. The van der Waals surface area contributed by atoms with Crippen molar-refractivity contribution in [3.8, 4) is 0 Å². The number of allylic oxidation sites excluding steroid dienone is 1. The van der Waals surface area contributed by atoms with Gasteiger partial charge in [-0.25, -0.2) is 0 Å². The van der Waals surface area contributed by atoms with Crippen molar-refractivity contribution in [3.63, 3.8) is 0 Å². The van der Waals surface area contributed by atoms with Crippen molar-refractivity contribution in [2.45, 2.75) is 6.54 Å². The molecule has 13 heteroatoms. The van der Waals surface area contributed by atoms with E-state index in [1.165, 1.54) is 28.7 Å². The number of nitrogens with zero attached hydrogens (tertiary/aromatic N) is 6. The van der Waals surface area contributed by atoms with Gasteiger partial charge < -0.3 is 14.5 Å². The molecule has 3 rings (SSSR count). The van der Waals surface area contributed by atoms with E-state index in [2.05, 4.69) is 10.2 Å². The Labute approximate surface area is 160 Å². The van der Waals surface area contributed by atoms with E-state index < -0.39 is 27.1 Å². The molecule has 3 aromatic heterocycles. The number of carbonyl (C=O) groups excluding carboxylic acids is 1. The molecule has 0 aliphatic carbocycles. The number of aryl methyl sites for hydroxylation is 1. The second-order valence-electron chi connectivity index (χ2n) is 5.55. The highest BCUT2D eigenvalue weighted by atomic mass is 35.5. The van der Waals surface area contributed by atoms with Crippen LogP contribution in [0.5, 0.6) is 0 Å². The van der Waals surface area contributed by atoms with Crippen LogP contribution in [0.4, 0.5) is 11.5 Å². The third-order valence-corrected chi connectivity index (χ3v) is 3.78. The van der Waals surface area contributed by atoms with Crippen molar-refractivity contribution in [2.24, 2.45) is 7.05 Å². The molecule has 0 aromatic carbocycles. The molecule has 0 fully saturated rings. The third kappa shape index (κ3) is 3.96. The van der Waals surface area contributed by atoms with Crippen LogP contribution in [0.25, 0.3) is 6.08 Å². The van der Waals surface area contributed by atoms with Crippen LogP contribution in [0.1, 0.15) is 22.0 Å². The van der Waals surface area contributed by atoms with Crippen molar-refractivity contribution in [1.29, 1.82) is 0 Å². The Morgan fingerprint density at radius 1 is 1.25 bits per heavy atom. The van der Waals surface area contributed by atoms with Crippen molar-refractivity contribution in [1.82, 2.24) is 19.6 Å². The normalized spacial score (nSPS) is 11.2. The Morgan fingerprint density at radius 2 is 2.00 bits per heavy atom. The molecule has 3 heterocycles. The highest BCUT2D eigenvalue weighted by Gasteiger charge is 2.23. The maximum absolute atomic E-state index is 12.2. The monoisotopic (exact) mass is 406 g/mol. The lowest BCUT2D eigenvalue weighted by atomic mass is 10.2. The van der Waals surface area contributed by atoms with Gasteiger partial charge in [-0.15, -0.1) is 0 Å². The van der Waals surface area contributed by atoms with Gasteiger partial charge in [-0.1, -0.05) is 11.6 Å². The minimum atomic E-state index is -0.697. The predicted molar refractivity (Wildman–Crippen MR) is 94.9 cm³/mol. The molecule has 0 aliphatic rings. The van der Waals surface area contributed by atoms with E-state index in [-0.39, 0.29) is 17.3 Å². The fourth-order valence-corrected chi connectivity index (χ4v) is 2.56. The third-order valence-electron chi connectivity index (χ3n) is 3.51. The molecule has 144 valence electrons. The fourth-order valence-electron chi connectivity index (χ4n) is 2.34. The first-order valence-corrected chi connectivity index (χ1v) is 7.99. The van der Waals surface area contributed by atoms with Gasteiger partial charge in [0.25, 0.3) is 0 Å². The van der Waals surface area contributed by atoms with Gasteiger partial charge in [-0.2, -0.15) is 9.78 Å². The second kappa shape index (κ2) is 7.44. The van der Waals surface area contributed by atoms with Crippen LogP contribution in [0.3, 0.4) is 0 Å². The molecule has 0 saturated heterocycles. The van der Waals surface area contributed by atoms with Gasteiger partial charge in [0.05, 0.1) is 16.2 Å². The molecule has 0 radical (unpaired) electrons. The van der Waals surface area contributed by atoms with Gasteiger partial charge in [-0.3, -0.25) is 19.6 Å². The number of aromatic nitrogens is 4. The Balaban J connectivity index is 1.72. The van der Waals surface area contributed by atoms with Crippen LogP contribution in [-0.2, 0) is 13.6 Å². The fraction of sp³-hybridized carbons (Fsp3) is 0.133. The molecule has 12 nitrogen and oxygen atoms in total. The summed E-state index contributed by atoms with van der Waals surface area (Å²) in [5.41, 5.74) is -0.677. The Kier molecular flexibility index (Phi) is 5.04. The molecule has 3 aromatic rings. The van der Waals surface area contributed by atoms with Crippen LogP contribution >= 0.6 is 11.6 Å². The largest absolute Gasteiger partial charge is 0.460 e. The summed E-state index contributed by atoms with van der Waals surface area (Å²) < 4.78 is 7.92. The smallest absolute Gasteiger partial charge is 0.408 e. The molecule has 0 aliphatic heterocycles. The zero-order valence-corrected chi connectivity index (χ0v) is 14.9. The molecule has 0 N–H and O–H groups in total. The standard InChI is InChI=1S/C15H11ClN6O6/c1-19-8-12(21(24)25)14(17-19)13(23)5-4-9-2-3-10(28-9)6-20-7-11(16)15(18-20)22(26)27/h2-5,7-8H,6H2,1H3/b5-4+. The summed E-state index contributed by atoms with van der Waals surface area (Å²) >= 11 is 5.73. The van der Waals surface area contributed by atoms with Gasteiger partial charge in [0.15, 0.2) is 5.02 Å². The van der Waals surface area contributed by atoms with Gasteiger partial charge in [-0.05, 0) is 29.2 Å². The molecule has 28 heavy (non-hydrogen) atoms. The molecule has 0 atom stereocenters. The van der Waals surface area contributed by atoms with Crippen molar-refractivity contribution >= 4 is 35.0 Å². The van der Waals surface area contributed by atoms with E-state index in [1.807, 2.05) is 0 Å². The number of nitro groups is 2. The van der Waals surface area contributed by atoms with Gasteiger partial charge in [0, 0.05) is 7.05 Å². The first-order chi connectivity index (χ1) is 13.2. The summed E-state index contributed by atoms with van der Waals surface area (Å²) in [6.45, 7) is 0.0844. The highest BCUT2D eigenvalue weighted by Crippen LogP contribution is 2.22. The average Bonchev–Trinajstić information content (AvgIpc) is 3.32. The van der Waals surface area contributed by atoms with E-state index in [1.54, 1.807) is 12.1 Å². The van der Waals surface area contributed by atoms with Gasteiger partial charge in [0.2, 0.25) is 11.5 Å². The number of ketones is 1. The van der Waals surface area contributed by atoms with Crippen molar-refractivity contribution < 1.29 is 19.1 Å². The minimum Gasteiger partial charge on any atom is -0.460 e. The number of carbonyl (C=O) groups is 1. The number of furan rings is 1. The number of hydrogen-bond acceptors (Lipinski definition) is 8. The molecule has 0 amide bonds. The van der Waals surface area contributed by atoms with Crippen LogP contribution in [0.2, 0.25) is 5.02 Å². The lowest BCUT2D eigenvalue weighted by Gasteiger charge is -1.93. The Bertz CT molecular complexity index is 1110. The maximum Gasteiger partial charge on any atom is 0.408 e. The zero-order chi connectivity index (χ0) is 20.4. The number of halogens is 1. The van der Waals surface area contributed by atoms with Crippen LogP contribution < -0.4 is 0 Å². The van der Waals surface area contributed by atoms with Gasteiger partial charge >= 0.3 is 11.5 Å². The summed E-state index contributed by atoms with van der Waals surface area (Å²) in [5.74, 6) is -0.407. The minimum absolute atomic E-state index is 0.0844. The van der Waals surface area contributed by atoms with Crippen LogP contribution in [-0.4, -0.2) is 35.2 Å². The molecular weight excluding hydrogens is 396 g/mol. The van der Waals surface area contributed by atoms with E-state index >= 15 is 0 Å². The SMILES string of the molecule is Cn1cc([N+](=O)[O-])c(C(=O)/C=C/c2ccc(Cn3cc(Cl)c([N+](=O)[O-])n3)o2)n1. The topological polar surface area (TPSA) is 152 Å². The van der Waals surface area contributed by atoms with Crippen molar-refractivity contribution in [2.75, 3.05) is 0 Å². The summed E-state index contributed by atoms with van der Waals surface area (Å²) in [6, 6.07) is 3.15. The lowest BCUT2D eigenvalue weighted by Crippen LogP contribution is -2.01. The van der Waals surface area contributed by atoms with Crippen LogP contribution in [0.15, 0.2) is 35.0 Å². The van der Waals surface area contributed by atoms with E-state index in [4.69, 9.17) is 16.0 Å². The second-order valence-corrected chi connectivity index (χ2v) is 5.96. The summed E-state index contributed by atoms with van der Waals surface area (Å²) in [5, 5.41) is 29.1. The zero-order valence-electron chi connectivity index (χ0n) is 14.2. The van der Waals surface area contributed by atoms with Crippen LogP contribution in [0, 0.1) is 20.2 Å². The lowest BCUT2D eigenvalue weighted by molar-refractivity contribution is -0.389. The number of rotatable bonds is 7. The highest BCUT2D eigenvalue weighted by molar-refractivity contribution is 6.32. The van der Waals surface area contributed by atoms with E-state index in [9.17, 15) is 25.0 Å². The first-order valence-electron chi connectivity index (χ1n) is 7.61. The summed E-state index contributed by atoms with van der Waals surface area (Å²) in [4.78, 5) is 32.5.